The molecule has 11 atom stereocenters. The SMILES string of the molecule is CCC[C@H](C)[C@@H]1NC(=O)[C@H](CC(C)C)N(C)C(=O)CSC[C@@H](C(=O)N(C)C)N(C)C(=O)[C@H](C2CCCC2)N(C)C(=O)C2(CCCC2)NC(=O)[C@@H]2CCCN2C(=O)[C@H](CCC2CC(F)C(C(F)(F)F)C(F)C2)CNC(=O)CN(C)C(=O)[C@H](CC2CCC(C(F)(F)F)CC2)N2CC/C=C\C[C@@H](C2=O)N(C)C(=O)CN(C)C1=O. The van der Waals surface area contributed by atoms with Crippen LogP contribution in [0.2, 0.25) is 0 Å². The zero-order chi connectivity index (χ0) is 81.6. The Hall–Kier alpha value is -6.83. The first-order valence-electron chi connectivity index (χ1n) is 39.5. The number of nitrogens with zero attached hydrogens (tertiary/aromatic N) is 9. The van der Waals surface area contributed by atoms with Crippen molar-refractivity contribution in [2.75, 3.05) is 101 Å². The van der Waals surface area contributed by atoms with Crippen LogP contribution in [0.25, 0.3) is 0 Å². The van der Waals surface area contributed by atoms with E-state index in [1.807, 2.05) is 20.8 Å². The lowest BCUT2D eigenvalue weighted by molar-refractivity contribution is -0.219. The fourth-order valence-corrected chi connectivity index (χ4v) is 18.8. The standard InChI is InChI=1S/C77H120F8N12O12S/c1-13-22-47(4)64-72(107)91(8)43-61(99)92(9)56-25-15-14-20-35-97(71(56)106)58(40-48-28-31-52(32-29-48)76(80,81)82)70(105)90(7)42-60(98)86-41-51(30-27-49-38-53(78)63(54(79)39-49)77(83,84)85)68(103)96-36-21-26-55(96)67(102)88-75(33-18-19-34-75)74(109)95(12)65(50-23-16-17-24-50)73(108)94(11)59(69(104)89(5)6)44-110-45-62(100)93(10)57(37-46(2)3)66(101)87-64/h14-15,46-59,63-65H,13,16-45H2,1-12H3,(H,86,98)(H,87,101)(H,88,102)/b15-14-/t47-,48?,49?,51+,52?,53?,54?,55-,56-,57-,58-,59-,63?,64-,65-/m0/s1. The lowest BCUT2D eigenvalue weighted by Gasteiger charge is -2.41. The smallest absolute Gasteiger partial charge is 0.354 e. The van der Waals surface area contributed by atoms with Crippen molar-refractivity contribution in [3.05, 3.63) is 12.2 Å². The minimum atomic E-state index is -5.17. The maximum atomic E-state index is 15.6. The number of nitrogens with one attached hydrogen (secondary N) is 3. The van der Waals surface area contributed by atoms with E-state index >= 15 is 37.5 Å². The second kappa shape index (κ2) is 39.8. The Morgan fingerprint density at radius 2 is 1.26 bits per heavy atom. The van der Waals surface area contributed by atoms with Gasteiger partial charge in [0.05, 0.1) is 30.7 Å². The highest BCUT2D eigenvalue weighted by molar-refractivity contribution is 8.00. The van der Waals surface area contributed by atoms with Crippen LogP contribution in [0, 0.1) is 47.3 Å². The minimum absolute atomic E-state index is 0.0176. The van der Waals surface area contributed by atoms with E-state index in [4.69, 9.17) is 0 Å². The van der Waals surface area contributed by atoms with Crippen molar-refractivity contribution in [3.63, 3.8) is 0 Å². The van der Waals surface area contributed by atoms with E-state index < -0.39 is 211 Å². The summed E-state index contributed by atoms with van der Waals surface area (Å²) in [6.07, 6.45) is -8.42. The molecule has 0 radical (unpaired) electrons. The Morgan fingerprint density at radius 3 is 1.85 bits per heavy atom. The van der Waals surface area contributed by atoms with E-state index in [2.05, 4.69) is 16.0 Å². The highest BCUT2D eigenvalue weighted by Gasteiger charge is 2.55. The number of hydrogen-bond acceptors (Lipinski definition) is 13. The van der Waals surface area contributed by atoms with Gasteiger partial charge in [0.1, 0.15) is 66.1 Å². The van der Waals surface area contributed by atoms with E-state index in [0.29, 0.717) is 38.5 Å². The van der Waals surface area contributed by atoms with E-state index in [1.54, 1.807) is 19.1 Å². The average molecular weight is 1590 g/mol. The van der Waals surface area contributed by atoms with Crippen molar-refractivity contribution < 1.29 is 92.7 Å². The molecule has 3 N–H and O–H groups in total. The van der Waals surface area contributed by atoms with Gasteiger partial charge in [-0.2, -0.15) is 26.3 Å². The molecule has 3 aliphatic heterocycles. The van der Waals surface area contributed by atoms with Crippen molar-refractivity contribution in [2.24, 2.45) is 47.3 Å². The van der Waals surface area contributed by atoms with Crippen LogP contribution in [0.1, 0.15) is 182 Å². The number of hydrogen-bond donors (Lipinski definition) is 3. The normalized spacial score (nSPS) is 31.4. The molecule has 0 aromatic heterocycles. The topological polar surface area (TPSA) is 270 Å². The second-order valence-electron chi connectivity index (χ2n) is 33.0. The predicted octanol–water partition coefficient (Wildman–Crippen LogP) is 7.71. The number of carbonyl (C=O) groups is 12. The van der Waals surface area contributed by atoms with Crippen LogP contribution in [0.4, 0.5) is 35.1 Å². The van der Waals surface area contributed by atoms with Gasteiger partial charge in [0, 0.05) is 81.8 Å². The third kappa shape index (κ3) is 22.8. The summed E-state index contributed by atoms with van der Waals surface area (Å²) >= 11 is 1.05. The number of halogens is 8. The first kappa shape index (κ1) is 90.4. The monoisotopic (exact) mass is 1590 g/mol. The van der Waals surface area contributed by atoms with Gasteiger partial charge in [-0.05, 0) is 152 Å². The highest BCUT2D eigenvalue weighted by atomic mass is 32.2. The zero-order valence-electron chi connectivity index (χ0n) is 66.2. The van der Waals surface area contributed by atoms with Crippen molar-refractivity contribution in [1.29, 1.82) is 0 Å². The molecule has 6 fully saturated rings. The number of rotatable bonds is 12. The number of amides is 12. The van der Waals surface area contributed by atoms with Gasteiger partial charge in [-0.1, -0.05) is 72.0 Å². The number of thioether (sulfide) groups is 1. The molecule has 4 saturated carbocycles. The third-order valence-electron chi connectivity index (χ3n) is 24.3. The summed E-state index contributed by atoms with van der Waals surface area (Å²) in [4.78, 5) is 190. The molecule has 7 rings (SSSR count). The molecule has 0 aromatic rings. The molecule has 7 aliphatic rings. The summed E-state index contributed by atoms with van der Waals surface area (Å²) in [5.41, 5.74) is -1.60. The molecule has 33 heteroatoms. The van der Waals surface area contributed by atoms with Crippen LogP contribution < -0.4 is 16.0 Å². The van der Waals surface area contributed by atoms with Crippen LogP contribution in [0.5, 0.6) is 0 Å². The third-order valence-corrected chi connectivity index (χ3v) is 25.3. The van der Waals surface area contributed by atoms with E-state index in [-0.39, 0.29) is 126 Å². The summed E-state index contributed by atoms with van der Waals surface area (Å²) in [6, 6.07) is -8.68. The first-order chi connectivity index (χ1) is 51.6. The van der Waals surface area contributed by atoms with Crippen molar-refractivity contribution in [3.8, 4) is 0 Å². The Morgan fingerprint density at radius 1 is 0.636 bits per heavy atom. The number of alkyl halides is 8. The van der Waals surface area contributed by atoms with Crippen LogP contribution in [-0.2, 0) is 57.5 Å². The zero-order valence-corrected chi connectivity index (χ0v) is 67.1. The first-order valence-corrected chi connectivity index (χ1v) is 40.7. The van der Waals surface area contributed by atoms with Gasteiger partial charge in [0.25, 0.3) is 0 Å². The maximum Gasteiger partial charge on any atom is 0.397 e. The molecular formula is C77H120F8N12O12S. The lowest BCUT2D eigenvalue weighted by atomic mass is 9.76. The van der Waals surface area contributed by atoms with E-state index in [0.717, 1.165) is 39.3 Å². The highest BCUT2D eigenvalue weighted by Crippen LogP contribution is 2.46. The summed E-state index contributed by atoms with van der Waals surface area (Å²) in [7, 11) is 11.4. The summed E-state index contributed by atoms with van der Waals surface area (Å²) in [6.45, 7) is 5.36. The van der Waals surface area contributed by atoms with Gasteiger partial charge in [-0.25, -0.2) is 8.78 Å². The van der Waals surface area contributed by atoms with Gasteiger partial charge in [0.2, 0.25) is 70.9 Å². The molecule has 110 heavy (non-hydrogen) atoms. The Bertz CT molecular complexity index is 3250. The van der Waals surface area contributed by atoms with Gasteiger partial charge < -0.3 is 60.0 Å². The summed E-state index contributed by atoms with van der Waals surface area (Å²) in [5, 5.41) is 8.63. The Kier molecular flexibility index (Phi) is 32.7. The van der Waals surface area contributed by atoms with Crippen LogP contribution in [-0.4, -0.2) is 288 Å². The molecule has 2 bridgehead atoms. The molecule has 12 amide bonds. The molecule has 3 heterocycles. The largest absolute Gasteiger partial charge is 0.397 e. The van der Waals surface area contributed by atoms with Crippen LogP contribution in [0.15, 0.2) is 12.2 Å². The fourth-order valence-electron chi connectivity index (χ4n) is 17.7. The van der Waals surface area contributed by atoms with E-state index in [1.165, 1.54) is 85.8 Å². The maximum absolute atomic E-state index is 15.6. The number of fused-ring (bicyclic) bond motifs is 3. The van der Waals surface area contributed by atoms with Gasteiger partial charge in [-0.3, -0.25) is 57.5 Å². The van der Waals surface area contributed by atoms with Crippen LogP contribution in [0.3, 0.4) is 0 Å². The van der Waals surface area contributed by atoms with Crippen LogP contribution >= 0.6 is 11.8 Å². The van der Waals surface area contributed by atoms with Gasteiger partial charge in [0.15, 0.2) is 0 Å². The molecule has 24 nitrogen and oxygen atoms in total. The molecule has 2 unspecified atom stereocenters. The minimum Gasteiger partial charge on any atom is -0.354 e. The second-order valence-corrected chi connectivity index (χ2v) is 34.0. The molecule has 1 spiro atoms. The molecular weight excluding hydrogens is 1470 g/mol. The number of carbonyl (C=O) groups excluding carboxylic acids is 12. The summed E-state index contributed by atoms with van der Waals surface area (Å²) < 4.78 is 115. The quantitative estimate of drug-likeness (QED) is 0.125. The summed E-state index contributed by atoms with van der Waals surface area (Å²) in [5.74, 6) is -16.8. The van der Waals surface area contributed by atoms with Gasteiger partial charge >= 0.3 is 12.4 Å². The van der Waals surface area contributed by atoms with Gasteiger partial charge in [-0.15, -0.1) is 11.8 Å². The Balaban J connectivity index is 1.27. The average Bonchev–Trinajstić information content (AvgIpc) is 1.47. The molecule has 2 saturated heterocycles. The van der Waals surface area contributed by atoms with Crippen molar-refractivity contribution in [2.45, 2.75) is 254 Å². The van der Waals surface area contributed by atoms with Crippen molar-refractivity contribution >= 4 is 82.6 Å². The van der Waals surface area contributed by atoms with Crippen molar-refractivity contribution in [1.82, 2.24) is 60.0 Å². The molecule has 622 valence electrons. The lowest BCUT2D eigenvalue weighted by Crippen LogP contribution is -2.65. The fraction of sp³-hybridized carbons (Fsp3) is 0.818. The van der Waals surface area contributed by atoms with E-state index in [9.17, 15) is 55.1 Å². The Labute approximate surface area is 647 Å². The number of likely N-dealkylation sites (N-methyl/N-ethyl adjacent to an activating group) is 7. The predicted molar refractivity (Wildman–Crippen MR) is 397 cm³/mol. The molecule has 0 aromatic carbocycles. The molecule has 4 aliphatic carbocycles.